The second-order valence-electron chi connectivity index (χ2n) is 0.939. The van der Waals surface area contributed by atoms with Crippen LogP contribution in [-0.2, 0) is 4.57 Å². The van der Waals surface area contributed by atoms with Gasteiger partial charge >= 0.3 is 7.80 Å². The number of hydrogen-bond donors (Lipinski definition) is 1. The zero-order chi connectivity index (χ0) is 4.99. The van der Waals surface area contributed by atoms with E-state index in [1.54, 1.807) is 6.92 Å². The Morgan fingerprint density at radius 1 is 1.83 bits per heavy atom. The van der Waals surface area contributed by atoms with Gasteiger partial charge in [0.05, 0.1) is 0 Å². The van der Waals surface area contributed by atoms with Crippen molar-refractivity contribution in [2.45, 2.75) is 6.92 Å². The van der Waals surface area contributed by atoms with E-state index in [0.29, 0.717) is 6.16 Å². The van der Waals surface area contributed by atoms with Gasteiger partial charge in [-0.15, -0.1) is 0 Å². The standard InChI is InChI=1S/C3H8O2P/c1-2-6(5)3-4/h4H,2-3H2,1H3/q+1. The lowest BCUT2D eigenvalue weighted by Gasteiger charge is -1.66. The van der Waals surface area contributed by atoms with Crippen molar-refractivity contribution in [3.8, 4) is 0 Å². The fraction of sp³-hybridized carbons (Fsp3) is 1.00. The first-order valence-corrected chi connectivity index (χ1v) is 3.47. The third-order valence-corrected chi connectivity index (χ3v) is 1.53. The van der Waals surface area contributed by atoms with E-state index < -0.39 is 7.80 Å². The molecule has 3 heteroatoms. The molecule has 0 aliphatic heterocycles. The van der Waals surface area contributed by atoms with E-state index >= 15 is 0 Å². The highest BCUT2D eigenvalue weighted by Crippen LogP contribution is 2.14. The van der Waals surface area contributed by atoms with Crippen molar-refractivity contribution in [3.05, 3.63) is 0 Å². The molecule has 1 atom stereocenters. The third-order valence-electron chi connectivity index (χ3n) is 0.510. The van der Waals surface area contributed by atoms with E-state index in [1.165, 1.54) is 0 Å². The van der Waals surface area contributed by atoms with Crippen molar-refractivity contribution in [3.63, 3.8) is 0 Å². The van der Waals surface area contributed by atoms with Crippen LogP contribution in [0.25, 0.3) is 0 Å². The summed E-state index contributed by atoms with van der Waals surface area (Å²) in [5.74, 6) is 0. The maximum absolute atomic E-state index is 10.1. The topological polar surface area (TPSA) is 37.3 Å². The summed E-state index contributed by atoms with van der Waals surface area (Å²) in [6.07, 6.45) is 0.428. The average molecular weight is 107 g/mol. The molecule has 0 fully saturated rings. The van der Waals surface area contributed by atoms with E-state index in [-0.39, 0.29) is 6.35 Å². The Balaban J connectivity index is 2.99. The van der Waals surface area contributed by atoms with E-state index in [2.05, 4.69) is 0 Å². The first-order chi connectivity index (χ1) is 2.81. The Labute approximate surface area is 38.0 Å². The summed E-state index contributed by atoms with van der Waals surface area (Å²) in [6.45, 7) is 1.79. The van der Waals surface area contributed by atoms with E-state index in [4.69, 9.17) is 5.11 Å². The lowest BCUT2D eigenvalue weighted by atomic mass is 11.0. The first-order valence-electron chi connectivity index (χ1n) is 1.84. The fourth-order valence-electron chi connectivity index (χ4n) is 0.1000. The van der Waals surface area contributed by atoms with Crippen molar-refractivity contribution in [2.24, 2.45) is 0 Å². The summed E-state index contributed by atoms with van der Waals surface area (Å²) in [7, 11) is -1.27. The molecule has 0 spiro atoms. The molecular weight excluding hydrogens is 99.0 g/mol. The maximum Gasteiger partial charge on any atom is 0.366 e. The summed E-state index contributed by atoms with van der Waals surface area (Å²) < 4.78 is 10.1. The van der Waals surface area contributed by atoms with Crippen LogP contribution in [0.3, 0.4) is 0 Å². The molecule has 0 radical (unpaired) electrons. The summed E-state index contributed by atoms with van der Waals surface area (Å²) >= 11 is 0. The monoisotopic (exact) mass is 107 g/mol. The van der Waals surface area contributed by atoms with Crippen molar-refractivity contribution < 1.29 is 9.67 Å². The molecule has 0 saturated carbocycles. The minimum Gasteiger partial charge on any atom is -0.353 e. The highest BCUT2D eigenvalue weighted by Gasteiger charge is 2.04. The molecule has 0 aliphatic carbocycles. The van der Waals surface area contributed by atoms with Gasteiger partial charge in [0.2, 0.25) is 6.35 Å². The molecule has 0 aromatic rings. The van der Waals surface area contributed by atoms with Gasteiger partial charge in [-0.1, -0.05) is 4.57 Å². The van der Waals surface area contributed by atoms with Crippen molar-refractivity contribution in [1.82, 2.24) is 0 Å². The Bertz CT molecular complexity index is 46.8. The molecule has 1 N–H and O–H groups in total. The number of rotatable bonds is 2. The van der Waals surface area contributed by atoms with Crippen LogP contribution < -0.4 is 0 Å². The predicted molar refractivity (Wildman–Crippen MR) is 25.2 cm³/mol. The molecule has 0 heterocycles. The van der Waals surface area contributed by atoms with Gasteiger partial charge in [0.1, 0.15) is 6.16 Å². The smallest absolute Gasteiger partial charge is 0.353 e. The van der Waals surface area contributed by atoms with Crippen LogP contribution in [0.4, 0.5) is 0 Å². The predicted octanol–water partition coefficient (Wildman–Crippen LogP) is 0.783. The minimum atomic E-state index is -1.27. The Morgan fingerprint density at radius 2 is 2.33 bits per heavy atom. The SMILES string of the molecule is CC[P+](=O)CO. The average Bonchev–Trinajstić information content (AvgIpc) is 1.65. The van der Waals surface area contributed by atoms with Crippen LogP contribution in [0.1, 0.15) is 6.92 Å². The molecule has 1 unspecified atom stereocenters. The van der Waals surface area contributed by atoms with Crippen LogP contribution >= 0.6 is 7.80 Å². The maximum atomic E-state index is 10.1. The van der Waals surface area contributed by atoms with Gasteiger partial charge in [-0.25, -0.2) is 0 Å². The number of hydrogen-bond acceptors (Lipinski definition) is 2. The van der Waals surface area contributed by atoms with Gasteiger partial charge in [0, 0.05) is 0 Å². The molecule has 36 valence electrons. The van der Waals surface area contributed by atoms with Crippen LogP contribution in [0.15, 0.2) is 0 Å². The van der Waals surface area contributed by atoms with Crippen LogP contribution in [0, 0.1) is 0 Å². The second kappa shape index (κ2) is 3.26. The molecule has 6 heavy (non-hydrogen) atoms. The van der Waals surface area contributed by atoms with Gasteiger partial charge in [0.25, 0.3) is 0 Å². The van der Waals surface area contributed by atoms with Crippen LogP contribution in [-0.4, -0.2) is 17.6 Å². The summed E-state index contributed by atoms with van der Waals surface area (Å²) in [5, 5.41) is 8.05. The van der Waals surface area contributed by atoms with Crippen LogP contribution in [0.2, 0.25) is 0 Å². The third kappa shape index (κ3) is 2.31. The summed E-state index contributed by atoms with van der Waals surface area (Å²) in [5.41, 5.74) is 0. The van der Waals surface area contributed by atoms with Gasteiger partial charge in [-0.3, -0.25) is 0 Å². The Hall–Kier alpha value is 0.0600. The lowest BCUT2D eigenvalue weighted by molar-refractivity contribution is 0.362. The van der Waals surface area contributed by atoms with Gasteiger partial charge in [-0.2, -0.15) is 0 Å². The highest BCUT2D eigenvalue weighted by molar-refractivity contribution is 7.44. The Morgan fingerprint density at radius 3 is 2.33 bits per heavy atom. The van der Waals surface area contributed by atoms with Gasteiger partial charge in [-0.05, 0) is 6.92 Å². The molecule has 0 bridgehead atoms. The molecule has 0 aliphatic rings. The molecule has 0 amide bonds. The minimum absolute atomic E-state index is 0.161. The fourth-order valence-corrected chi connectivity index (χ4v) is 0.300. The molecule has 0 aromatic heterocycles. The van der Waals surface area contributed by atoms with E-state index in [9.17, 15) is 4.57 Å². The summed E-state index contributed by atoms with van der Waals surface area (Å²) in [4.78, 5) is 0. The second-order valence-corrected chi connectivity index (χ2v) is 2.82. The first kappa shape index (κ1) is 6.06. The molecule has 0 saturated heterocycles. The quantitative estimate of drug-likeness (QED) is 0.529. The molecule has 2 nitrogen and oxygen atoms in total. The van der Waals surface area contributed by atoms with Gasteiger partial charge in [0.15, 0.2) is 0 Å². The normalized spacial score (nSPS) is 11.3. The lowest BCUT2D eigenvalue weighted by Crippen LogP contribution is -1.71. The van der Waals surface area contributed by atoms with Gasteiger partial charge < -0.3 is 5.11 Å². The molecule has 0 rings (SSSR count). The van der Waals surface area contributed by atoms with Crippen molar-refractivity contribution in [1.29, 1.82) is 0 Å². The number of aliphatic hydroxyl groups is 1. The zero-order valence-corrected chi connectivity index (χ0v) is 4.61. The Kier molecular flexibility index (Phi) is 3.29. The van der Waals surface area contributed by atoms with Crippen molar-refractivity contribution in [2.75, 3.05) is 12.5 Å². The molecular formula is C3H8O2P+. The zero-order valence-electron chi connectivity index (χ0n) is 3.72. The van der Waals surface area contributed by atoms with E-state index in [0.717, 1.165) is 0 Å². The molecule has 0 aromatic carbocycles. The largest absolute Gasteiger partial charge is 0.366 e. The van der Waals surface area contributed by atoms with E-state index in [1.807, 2.05) is 0 Å². The highest BCUT2D eigenvalue weighted by atomic mass is 31.1. The number of aliphatic hydroxyl groups excluding tert-OH is 1. The van der Waals surface area contributed by atoms with Crippen molar-refractivity contribution >= 4 is 7.80 Å². The van der Waals surface area contributed by atoms with Crippen LogP contribution in [0.5, 0.6) is 0 Å². The summed E-state index contributed by atoms with van der Waals surface area (Å²) in [6, 6.07) is 0.